The van der Waals surface area contributed by atoms with Crippen LogP contribution in [0.2, 0.25) is 0 Å². The SMILES string of the molecule is CC(C)CN1CCOC(CNC(=O)CN2CCC(C(=O)Nc3ccc(Br)cn3)CC2)C1. The molecule has 2 aliphatic heterocycles. The Morgan fingerprint density at radius 2 is 2.00 bits per heavy atom. The van der Waals surface area contributed by atoms with Gasteiger partial charge in [-0.15, -0.1) is 0 Å². The highest BCUT2D eigenvalue weighted by molar-refractivity contribution is 9.10. The number of nitrogens with one attached hydrogen (secondary N) is 2. The highest BCUT2D eigenvalue weighted by Crippen LogP contribution is 2.19. The standard InChI is InChI=1S/C22H34BrN5O3/c1-16(2)13-28-9-10-31-19(14-28)12-25-21(29)15-27-7-5-17(6-8-27)22(30)26-20-4-3-18(23)11-24-20/h3-4,11,16-17,19H,5-10,12-15H2,1-2H3,(H,25,29)(H,24,26,30). The third kappa shape index (κ3) is 8.14. The molecule has 9 heteroatoms. The van der Waals surface area contributed by atoms with Gasteiger partial charge in [-0.3, -0.25) is 19.4 Å². The van der Waals surface area contributed by atoms with Crippen molar-refractivity contribution in [3.8, 4) is 0 Å². The predicted molar refractivity (Wildman–Crippen MR) is 124 cm³/mol. The molecule has 8 nitrogen and oxygen atoms in total. The van der Waals surface area contributed by atoms with Crippen molar-refractivity contribution in [2.24, 2.45) is 11.8 Å². The predicted octanol–water partition coefficient (Wildman–Crippen LogP) is 1.97. The van der Waals surface area contributed by atoms with Crippen LogP contribution in [0.5, 0.6) is 0 Å². The molecule has 0 bridgehead atoms. The lowest BCUT2D eigenvalue weighted by Gasteiger charge is -2.34. The van der Waals surface area contributed by atoms with Gasteiger partial charge in [0.05, 0.1) is 19.3 Å². The molecule has 3 heterocycles. The third-order valence-corrected chi connectivity index (χ3v) is 6.15. The molecule has 2 aliphatic rings. The Morgan fingerprint density at radius 3 is 2.68 bits per heavy atom. The summed E-state index contributed by atoms with van der Waals surface area (Å²) in [6.45, 7) is 10.4. The Balaban J connectivity index is 1.33. The number of hydrogen-bond acceptors (Lipinski definition) is 6. The van der Waals surface area contributed by atoms with E-state index in [1.165, 1.54) is 0 Å². The minimum Gasteiger partial charge on any atom is -0.374 e. The minimum atomic E-state index is -0.0488. The van der Waals surface area contributed by atoms with E-state index in [4.69, 9.17) is 4.74 Å². The molecular formula is C22H34BrN5O3. The lowest BCUT2D eigenvalue weighted by molar-refractivity contribution is -0.124. The molecule has 2 saturated heterocycles. The van der Waals surface area contributed by atoms with Gasteiger partial charge in [0, 0.05) is 42.8 Å². The number of likely N-dealkylation sites (tertiary alicyclic amines) is 1. The average Bonchev–Trinajstić information content (AvgIpc) is 2.74. The van der Waals surface area contributed by atoms with Crippen LogP contribution in [-0.4, -0.2) is 85.1 Å². The van der Waals surface area contributed by atoms with Crippen LogP contribution >= 0.6 is 15.9 Å². The molecule has 2 amide bonds. The van der Waals surface area contributed by atoms with E-state index < -0.39 is 0 Å². The first-order valence-electron chi connectivity index (χ1n) is 11.1. The topological polar surface area (TPSA) is 86.8 Å². The number of anilines is 1. The second kappa shape index (κ2) is 11.9. The van der Waals surface area contributed by atoms with Crippen LogP contribution in [0.3, 0.4) is 0 Å². The lowest BCUT2D eigenvalue weighted by Crippen LogP contribution is -2.50. The van der Waals surface area contributed by atoms with Crippen molar-refractivity contribution in [3.05, 3.63) is 22.8 Å². The van der Waals surface area contributed by atoms with Gasteiger partial charge in [-0.25, -0.2) is 4.98 Å². The van der Waals surface area contributed by atoms with E-state index in [-0.39, 0.29) is 23.8 Å². The molecule has 1 unspecified atom stereocenters. The molecule has 2 N–H and O–H groups in total. The van der Waals surface area contributed by atoms with Gasteiger partial charge in [-0.05, 0) is 59.9 Å². The van der Waals surface area contributed by atoms with Crippen molar-refractivity contribution in [3.63, 3.8) is 0 Å². The van der Waals surface area contributed by atoms with E-state index in [1.807, 2.05) is 6.07 Å². The number of ether oxygens (including phenoxy) is 1. The number of piperidine rings is 1. The monoisotopic (exact) mass is 495 g/mol. The molecule has 3 rings (SSSR count). The van der Waals surface area contributed by atoms with Crippen LogP contribution in [0, 0.1) is 11.8 Å². The molecule has 0 spiro atoms. The largest absolute Gasteiger partial charge is 0.374 e. The van der Waals surface area contributed by atoms with E-state index in [2.05, 4.69) is 55.2 Å². The average molecular weight is 496 g/mol. The van der Waals surface area contributed by atoms with Gasteiger partial charge in [-0.1, -0.05) is 13.8 Å². The Hall–Kier alpha value is -1.55. The van der Waals surface area contributed by atoms with Gasteiger partial charge >= 0.3 is 0 Å². The maximum absolute atomic E-state index is 12.5. The van der Waals surface area contributed by atoms with E-state index in [0.717, 1.165) is 56.6 Å². The zero-order valence-electron chi connectivity index (χ0n) is 18.5. The fourth-order valence-corrected chi connectivity index (χ4v) is 4.34. The first-order valence-corrected chi connectivity index (χ1v) is 11.9. The van der Waals surface area contributed by atoms with Gasteiger partial charge in [0.2, 0.25) is 11.8 Å². The van der Waals surface area contributed by atoms with Crippen molar-refractivity contribution >= 4 is 33.6 Å². The number of carbonyl (C=O) groups excluding carboxylic acids is 2. The molecular weight excluding hydrogens is 462 g/mol. The molecule has 2 fully saturated rings. The van der Waals surface area contributed by atoms with Gasteiger partial charge in [0.15, 0.2) is 0 Å². The second-order valence-corrected chi connectivity index (χ2v) is 9.77. The van der Waals surface area contributed by atoms with Crippen molar-refractivity contribution < 1.29 is 14.3 Å². The summed E-state index contributed by atoms with van der Waals surface area (Å²) in [4.78, 5) is 33.6. The number of nitrogens with zero attached hydrogens (tertiary/aromatic N) is 3. The zero-order valence-corrected chi connectivity index (χ0v) is 20.1. The van der Waals surface area contributed by atoms with Gasteiger partial charge in [0.25, 0.3) is 0 Å². The van der Waals surface area contributed by atoms with Crippen LogP contribution < -0.4 is 10.6 Å². The normalized spacial score (nSPS) is 21.2. The van der Waals surface area contributed by atoms with E-state index in [1.54, 1.807) is 12.3 Å². The summed E-state index contributed by atoms with van der Waals surface area (Å²) in [7, 11) is 0. The Labute approximate surface area is 193 Å². The third-order valence-electron chi connectivity index (χ3n) is 5.68. The molecule has 0 radical (unpaired) electrons. The first-order chi connectivity index (χ1) is 14.9. The number of aromatic nitrogens is 1. The minimum absolute atomic E-state index is 0.000627. The summed E-state index contributed by atoms with van der Waals surface area (Å²) >= 11 is 3.34. The first kappa shape index (κ1) is 24.1. The maximum atomic E-state index is 12.5. The van der Waals surface area contributed by atoms with Crippen LogP contribution in [-0.2, 0) is 14.3 Å². The number of amides is 2. The molecule has 1 atom stereocenters. The molecule has 0 aliphatic carbocycles. The van der Waals surface area contributed by atoms with Crippen molar-refractivity contribution in [1.29, 1.82) is 0 Å². The summed E-state index contributed by atoms with van der Waals surface area (Å²) < 4.78 is 6.68. The quantitative estimate of drug-likeness (QED) is 0.573. The van der Waals surface area contributed by atoms with Gasteiger partial charge in [0.1, 0.15) is 5.82 Å². The Kier molecular flexibility index (Phi) is 9.25. The summed E-state index contributed by atoms with van der Waals surface area (Å²) in [6, 6.07) is 3.63. The fraction of sp³-hybridized carbons (Fsp3) is 0.682. The highest BCUT2D eigenvalue weighted by Gasteiger charge is 2.27. The summed E-state index contributed by atoms with van der Waals surface area (Å²) in [6.07, 6.45) is 3.20. The van der Waals surface area contributed by atoms with E-state index in [9.17, 15) is 9.59 Å². The summed E-state index contributed by atoms with van der Waals surface area (Å²) in [5.41, 5.74) is 0. The van der Waals surface area contributed by atoms with E-state index in [0.29, 0.717) is 24.8 Å². The number of halogens is 1. The number of rotatable bonds is 8. The number of pyridine rings is 1. The molecule has 31 heavy (non-hydrogen) atoms. The molecule has 172 valence electrons. The van der Waals surface area contributed by atoms with Gasteiger partial charge in [-0.2, -0.15) is 0 Å². The van der Waals surface area contributed by atoms with Crippen LogP contribution in [0.1, 0.15) is 26.7 Å². The van der Waals surface area contributed by atoms with Crippen molar-refractivity contribution in [1.82, 2.24) is 20.1 Å². The Morgan fingerprint density at radius 1 is 1.23 bits per heavy atom. The van der Waals surface area contributed by atoms with Gasteiger partial charge < -0.3 is 15.4 Å². The van der Waals surface area contributed by atoms with Crippen LogP contribution in [0.4, 0.5) is 5.82 Å². The molecule has 1 aromatic heterocycles. The number of hydrogen-bond donors (Lipinski definition) is 2. The smallest absolute Gasteiger partial charge is 0.234 e. The van der Waals surface area contributed by atoms with Crippen LogP contribution in [0.25, 0.3) is 0 Å². The molecule has 0 saturated carbocycles. The maximum Gasteiger partial charge on any atom is 0.234 e. The number of carbonyl (C=O) groups is 2. The Bertz CT molecular complexity index is 722. The fourth-order valence-electron chi connectivity index (χ4n) is 4.10. The molecule has 0 aromatic carbocycles. The number of morpholine rings is 1. The summed E-state index contributed by atoms with van der Waals surface area (Å²) in [5, 5.41) is 5.90. The highest BCUT2D eigenvalue weighted by atomic mass is 79.9. The summed E-state index contributed by atoms with van der Waals surface area (Å²) in [5.74, 6) is 1.16. The molecule has 1 aromatic rings. The van der Waals surface area contributed by atoms with Crippen molar-refractivity contribution in [2.45, 2.75) is 32.8 Å². The zero-order chi connectivity index (χ0) is 22.2. The van der Waals surface area contributed by atoms with Crippen molar-refractivity contribution in [2.75, 3.05) is 57.7 Å². The van der Waals surface area contributed by atoms with Crippen LogP contribution in [0.15, 0.2) is 22.8 Å². The second-order valence-electron chi connectivity index (χ2n) is 8.85. The van der Waals surface area contributed by atoms with E-state index >= 15 is 0 Å². The lowest BCUT2D eigenvalue weighted by atomic mass is 9.96.